The molecule has 0 aliphatic carbocycles. The van der Waals surface area contributed by atoms with E-state index in [0.29, 0.717) is 22.9 Å². The van der Waals surface area contributed by atoms with Crippen LogP contribution in [0.15, 0.2) is 0 Å². The molecule has 3 radical (unpaired) electrons. The van der Waals surface area contributed by atoms with Gasteiger partial charge >= 0.3 is 103 Å². The fraction of sp³-hybridized carbons (Fsp3) is 1.00. The van der Waals surface area contributed by atoms with Gasteiger partial charge in [0.05, 0.1) is 0 Å². The maximum atomic E-state index is 12.8. The van der Waals surface area contributed by atoms with Gasteiger partial charge in [0.1, 0.15) is 0 Å². The quantitative estimate of drug-likeness (QED) is 0.732. The van der Waals surface area contributed by atoms with Crippen molar-refractivity contribution in [3.05, 3.63) is 0 Å². The van der Waals surface area contributed by atoms with E-state index in [0.717, 1.165) is 6.92 Å². The molecule has 0 fully saturated rings. The molecule has 89 valence electrons. The van der Waals surface area contributed by atoms with Crippen LogP contribution in [0.2, 0.25) is 0 Å². The van der Waals surface area contributed by atoms with Crippen LogP contribution in [0.3, 0.4) is 0 Å². The van der Waals surface area contributed by atoms with Gasteiger partial charge < -0.3 is 0 Å². The summed E-state index contributed by atoms with van der Waals surface area (Å²) in [6.45, 7) is 6.36. The summed E-state index contributed by atoms with van der Waals surface area (Å²) in [5.74, 6) is 0. The molecule has 0 aromatic rings. The number of hydrogen-bond acceptors (Lipinski definition) is 2. The van der Waals surface area contributed by atoms with Crippen molar-refractivity contribution in [3.63, 3.8) is 0 Å². The second kappa shape index (κ2) is 5.23. The molecule has 0 heterocycles. The molecule has 2 nitrogen and oxygen atoms in total. The van der Waals surface area contributed by atoms with Crippen molar-refractivity contribution in [1.29, 1.82) is 0 Å². The molecule has 2 unspecified atom stereocenters. The van der Waals surface area contributed by atoms with Crippen LogP contribution in [0.25, 0.3) is 0 Å². The van der Waals surface area contributed by atoms with Gasteiger partial charge in [-0.1, -0.05) is 0 Å². The molecule has 0 rings (SSSR count). The third-order valence-corrected chi connectivity index (χ3v) is 4.21. The monoisotopic (exact) mass is 332 g/mol. The van der Waals surface area contributed by atoms with Crippen molar-refractivity contribution in [1.82, 2.24) is 4.90 Å². The molecule has 0 aromatic heterocycles. The maximum absolute atomic E-state index is 12.8. The molecule has 0 N–H and O–H groups in total. The Kier molecular flexibility index (Phi) is 5.40. The van der Waals surface area contributed by atoms with Crippen LogP contribution in [0.1, 0.15) is 27.7 Å². The van der Waals surface area contributed by atoms with E-state index >= 15 is 0 Å². The predicted molar refractivity (Wildman–Crippen MR) is 53.7 cm³/mol. The van der Waals surface area contributed by atoms with Crippen LogP contribution in [-0.4, -0.2) is 58.7 Å². The zero-order valence-corrected chi connectivity index (χ0v) is 12.5. The molecule has 0 saturated heterocycles. The van der Waals surface area contributed by atoms with E-state index in [1.54, 1.807) is 11.9 Å². The number of hydrogen-bond donors (Lipinski definition) is 0. The van der Waals surface area contributed by atoms with Crippen molar-refractivity contribution in [2.24, 2.45) is 0 Å². The average molecular weight is 331 g/mol. The van der Waals surface area contributed by atoms with Crippen LogP contribution in [0.4, 0.5) is 13.2 Å². The summed E-state index contributed by atoms with van der Waals surface area (Å²) in [6, 6.07) is -0.663. The van der Waals surface area contributed by atoms with Crippen LogP contribution in [0.5, 0.6) is 0 Å². The minimum atomic E-state index is -4.35. The first-order chi connectivity index (χ1) is 6.58. The van der Waals surface area contributed by atoms with Crippen LogP contribution in [0, 0.1) is 0 Å². The molecule has 6 heteroatoms. The molecule has 0 spiro atoms. The fourth-order valence-corrected chi connectivity index (χ4v) is 2.03. The van der Waals surface area contributed by atoms with Gasteiger partial charge in [-0.3, -0.25) is 0 Å². The first-order valence-electron chi connectivity index (χ1n) is 4.71. The van der Waals surface area contributed by atoms with Gasteiger partial charge in [-0.05, 0) is 0 Å². The number of rotatable bonds is 4. The van der Waals surface area contributed by atoms with E-state index in [4.69, 9.17) is 3.07 Å². The summed E-state index contributed by atoms with van der Waals surface area (Å²) in [6.07, 6.45) is -4.35. The van der Waals surface area contributed by atoms with Crippen molar-refractivity contribution < 1.29 is 16.2 Å². The first kappa shape index (κ1) is 15.5. The molecule has 0 aliphatic rings. The van der Waals surface area contributed by atoms with Crippen molar-refractivity contribution in [2.45, 2.75) is 51.6 Å². The SMILES string of the molecule is CC(C)N(C)C(C)C(C)([O][Sn])C(F)(F)F. The van der Waals surface area contributed by atoms with Gasteiger partial charge in [-0.2, -0.15) is 0 Å². The normalized spacial score (nSPS) is 19.4. The van der Waals surface area contributed by atoms with Gasteiger partial charge in [-0.15, -0.1) is 0 Å². The summed E-state index contributed by atoms with van der Waals surface area (Å²) in [7, 11) is 1.68. The Hall–Kier alpha value is 0.509. The molecule has 2 atom stereocenters. The molecule has 15 heavy (non-hydrogen) atoms. The fourth-order valence-electron chi connectivity index (χ4n) is 1.22. The van der Waals surface area contributed by atoms with Crippen molar-refractivity contribution in [3.8, 4) is 0 Å². The van der Waals surface area contributed by atoms with Gasteiger partial charge in [0, 0.05) is 0 Å². The van der Waals surface area contributed by atoms with E-state index in [1.165, 1.54) is 6.92 Å². The molecule has 0 aromatic carbocycles. The molecule has 0 aliphatic heterocycles. The summed E-state index contributed by atoms with van der Waals surface area (Å²) in [5, 5.41) is 0. The molecule has 0 saturated carbocycles. The molecular weight excluding hydrogens is 314 g/mol. The van der Waals surface area contributed by atoms with Crippen LogP contribution in [-0.2, 0) is 3.07 Å². The predicted octanol–water partition coefficient (Wildman–Crippen LogP) is 2.14. The average Bonchev–Trinajstić information content (AvgIpc) is 2.12. The van der Waals surface area contributed by atoms with Gasteiger partial charge in [-0.25, -0.2) is 0 Å². The summed E-state index contributed by atoms with van der Waals surface area (Å²) >= 11 is 0.431. The van der Waals surface area contributed by atoms with Gasteiger partial charge in [0.25, 0.3) is 0 Å². The third-order valence-electron chi connectivity index (χ3n) is 3.00. The Morgan fingerprint density at radius 3 is 1.80 bits per heavy atom. The number of halogens is 3. The molecule has 0 amide bonds. The first-order valence-corrected chi connectivity index (χ1v) is 5.87. The Morgan fingerprint density at radius 2 is 1.60 bits per heavy atom. The second-order valence-corrected chi connectivity index (χ2v) is 4.72. The Labute approximate surface area is 103 Å². The van der Waals surface area contributed by atoms with E-state index in [1.807, 2.05) is 13.8 Å². The van der Waals surface area contributed by atoms with Gasteiger partial charge in [0.15, 0.2) is 0 Å². The number of nitrogens with zero attached hydrogens (tertiary/aromatic N) is 1. The zero-order chi connectivity index (χ0) is 12.4. The Balaban J connectivity index is 4.97. The minimum absolute atomic E-state index is 0.0487. The Morgan fingerprint density at radius 1 is 1.20 bits per heavy atom. The van der Waals surface area contributed by atoms with E-state index in [-0.39, 0.29) is 6.04 Å². The third kappa shape index (κ3) is 3.23. The van der Waals surface area contributed by atoms with E-state index < -0.39 is 17.8 Å². The summed E-state index contributed by atoms with van der Waals surface area (Å²) < 4.78 is 43.3. The van der Waals surface area contributed by atoms with Crippen molar-refractivity contribution >= 4 is 22.9 Å². The standard InChI is InChI=1S/C9H17F3NO.Sn/c1-6(2)13(5)7(3)8(4,14)9(10,11)12;/h6-7H,1-5H3;/q-1;+1. The molecule has 0 bridgehead atoms. The molecular formula is C9H17F3NOSn. The number of likely N-dealkylation sites (N-methyl/N-ethyl adjacent to an activating group) is 1. The second-order valence-electron chi connectivity index (χ2n) is 4.14. The van der Waals surface area contributed by atoms with Crippen molar-refractivity contribution in [2.75, 3.05) is 7.05 Å². The summed E-state index contributed by atoms with van der Waals surface area (Å²) in [4.78, 5) is 1.66. The van der Waals surface area contributed by atoms with E-state index in [9.17, 15) is 13.2 Å². The topological polar surface area (TPSA) is 12.5 Å². The van der Waals surface area contributed by atoms with Gasteiger partial charge in [0.2, 0.25) is 0 Å². The van der Waals surface area contributed by atoms with E-state index in [2.05, 4.69) is 0 Å². The van der Waals surface area contributed by atoms with Crippen LogP contribution >= 0.6 is 0 Å². The Bertz CT molecular complexity index is 210. The number of alkyl halides is 3. The van der Waals surface area contributed by atoms with Crippen LogP contribution < -0.4 is 0 Å². The zero-order valence-electron chi connectivity index (χ0n) is 9.64. The summed E-state index contributed by atoms with van der Waals surface area (Å²) in [5.41, 5.74) is -2.09.